The van der Waals surface area contributed by atoms with Crippen LogP contribution in [0.2, 0.25) is 0 Å². The van der Waals surface area contributed by atoms with E-state index in [2.05, 4.69) is 42.2 Å². The second-order valence-electron chi connectivity index (χ2n) is 5.16. The zero-order chi connectivity index (χ0) is 16.9. The predicted molar refractivity (Wildman–Crippen MR) is 101 cm³/mol. The lowest BCUT2D eigenvalue weighted by atomic mass is 10.2. The molecule has 0 bridgehead atoms. The van der Waals surface area contributed by atoms with Gasteiger partial charge in [-0.1, -0.05) is 46.3 Å². The Kier molecular flexibility index (Phi) is 5.48. The van der Waals surface area contributed by atoms with Crippen LogP contribution in [0.4, 0.5) is 5.69 Å². The number of hydrogen-bond donors (Lipinski definition) is 1. The summed E-state index contributed by atoms with van der Waals surface area (Å²) in [6.07, 6.45) is 2.44. The largest absolute Gasteiger partial charge is 0.441 e. The molecule has 0 spiro atoms. The van der Waals surface area contributed by atoms with Gasteiger partial charge in [0.05, 0.1) is 11.9 Å². The van der Waals surface area contributed by atoms with E-state index in [0.29, 0.717) is 24.5 Å². The van der Waals surface area contributed by atoms with E-state index in [1.807, 2.05) is 48.5 Å². The molecule has 1 heterocycles. The van der Waals surface area contributed by atoms with Gasteiger partial charge in [0.2, 0.25) is 5.91 Å². The fourth-order valence-corrected chi connectivity index (χ4v) is 3.33. The maximum atomic E-state index is 12.1. The van der Waals surface area contributed by atoms with Crippen LogP contribution >= 0.6 is 31.9 Å². The van der Waals surface area contributed by atoms with Gasteiger partial charge in [0.25, 0.3) is 0 Å². The molecule has 122 valence electrons. The number of nitrogens with one attached hydrogen (secondary N) is 1. The molecule has 6 heteroatoms. The van der Waals surface area contributed by atoms with Crippen molar-refractivity contribution < 1.29 is 9.21 Å². The van der Waals surface area contributed by atoms with E-state index in [1.54, 1.807) is 6.20 Å². The molecule has 4 nitrogen and oxygen atoms in total. The quantitative estimate of drug-likeness (QED) is 0.564. The number of rotatable bonds is 5. The highest BCUT2D eigenvalue weighted by atomic mass is 79.9. The minimum absolute atomic E-state index is 0.0857. The molecule has 3 aromatic rings. The van der Waals surface area contributed by atoms with E-state index in [-0.39, 0.29) is 5.91 Å². The number of oxazole rings is 1. The maximum Gasteiger partial charge on any atom is 0.224 e. The van der Waals surface area contributed by atoms with Gasteiger partial charge < -0.3 is 9.73 Å². The number of carbonyl (C=O) groups excluding carboxylic acids is 1. The Bertz CT molecular complexity index is 847. The van der Waals surface area contributed by atoms with Gasteiger partial charge in [-0.05, 0) is 34.1 Å². The summed E-state index contributed by atoms with van der Waals surface area (Å²) < 4.78 is 7.47. The molecule has 1 N–H and O–H groups in total. The van der Waals surface area contributed by atoms with Gasteiger partial charge in [-0.3, -0.25) is 4.79 Å². The Balaban J connectivity index is 1.58. The van der Waals surface area contributed by atoms with E-state index in [9.17, 15) is 4.79 Å². The van der Waals surface area contributed by atoms with Crippen molar-refractivity contribution in [2.24, 2.45) is 0 Å². The number of nitrogens with zero attached hydrogens (tertiary/aromatic N) is 1. The summed E-state index contributed by atoms with van der Waals surface area (Å²) >= 11 is 6.81. The van der Waals surface area contributed by atoms with E-state index in [0.717, 1.165) is 20.2 Å². The average molecular weight is 450 g/mol. The SMILES string of the molecule is O=C(CCc1ncc(-c2ccccc2)o1)Nc1ccc(Br)cc1Br. The summed E-state index contributed by atoms with van der Waals surface area (Å²) in [5, 5.41) is 2.87. The Morgan fingerprint density at radius 3 is 2.67 bits per heavy atom. The summed E-state index contributed by atoms with van der Waals surface area (Å²) in [5.41, 5.74) is 1.71. The molecule has 0 aliphatic heterocycles. The molecule has 0 radical (unpaired) electrons. The molecule has 3 rings (SSSR count). The molecule has 0 atom stereocenters. The zero-order valence-corrected chi connectivity index (χ0v) is 15.8. The first-order chi connectivity index (χ1) is 11.6. The van der Waals surface area contributed by atoms with Gasteiger partial charge in [0, 0.05) is 27.4 Å². The molecular formula is C18H14Br2N2O2. The number of anilines is 1. The van der Waals surface area contributed by atoms with Crippen LogP contribution in [0, 0.1) is 0 Å². The second kappa shape index (κ2) is 7.77. The molecule has 1 amide bonds. The highest BCUT2D eigenvalue weighted by molar-refractivity contribution is 9.11. The molecule has 2 aromatic carbocycles. The molecule has 1 aromatic heterocycles. The Morgan fingerprint density at radius 2 is 1.92 bits per heavy atom. The fourth-order valence-electron chi connectivity index (χ4n) is 2.19. The van der Waals surface area contributed by atoms with E-state index in [1.165, 1.54) is 0 Å². The van der Waals surface area contributed by atoms with Crippen molar-refractivity contribution in [3.8, 4) is 11.3 Å². The van der Waals surface area contributed by atoms with Crippen LogP contribution in [0.5, 0.6) is 0 Å². The molecule has 0 unspecified atom stereocenters. The standard InChI is InChI=1S/C18H14Br2N2O2/c19-13-6-7-15(14(20)10-13)22-17(23)8-9-18-21-11-16(24-18)12-4-2-1-3-5-12/h1-7,10-11H,8-9H2,(H,22,23). The van der Waals surface area contributed by atoms with Crippen LogP contribution in [-0.4, -0.2) is 10.9 Å². The number of benzene rings is 2. The van der Waals surface area contributed by atoms with Gasteiger partial charge >= 0.3 is 0 Å². The lowest BCUT2D eigenvalue weighted by Crippen LogP contribution is -2.12. The first kappa shape index (κ1) is 16.9. The molecule has 24 heavy (non-hydrogen) atoms. The molecule has 0 aliphatic carbocycles. The van der Waals surface area contributed by atoms with E-state index >= 15 is 0 Å². The minimum Gasteiger partial charge on any atom is -0.441 e. The van der Waals surface area contributed by atoms with Crippen LogP contribution in [0.25, 0.3) is 11.3 Å². The Labute approximate surface area is 156 Å². The van der Waals surface area contributed by atoms with Gasteiger partial charge in [-0.25, -0.2) is 4.98 Å². The second-order valence-corrected chi connectivity index (χ2v) is 6.93. The first-order valence-corrected chi connectivity index (χ1v) is 8.95. The van der Waals surface area contributed by atoms with Crippen molar-refractivity contribution in [2.75, 3.05) is 5.32 Å². The summed E-state index contributed by atoms with van der Waals surface area (Å²) in [6.45, 7) is 0. The average Bonchev–Trinajstić information content (AvgIpc) is 3.05. The number of halogens is 2. The van der Waals surface area contributed by atoms with Crippen molar-refractivity contribution in [2.45, 2.75) is 12.8 Å². The van der Waals surface area contributed by atoms with Gasteiger partial charge in [0.15, 0.2) is 11.7 Å². The number of aromatic nitrogens is 1. The highest BCUT2D eigenvalue weighted by Crippen LogP contribution is 2.26. The summed E-state index contributed by atoms with van der Waals surface area (Å²) in [7, 11) is 0. The number of carbonyl (C=O) groups is 1. The Morgan fingerprint density at radius 1 is 1.12 bits per heavy atom. The predicted octanol–water partition coefficient (Wildman–Crippen LogP) is 5.44. The fraction of sp³-hybridized carbons (Fsp3) is 0.111. The Hall–Kier alpha value is -1.92. The van der Waals surface area contributed by atoms with Crippen molar-refractivity contribution >= 4 is 43.5 Å². The topological polar surface area (TPSA) is 55.1 Å². The van der Waals surface area contributed by atoms with Crippen LogP contribution in [0.1, 0.15) is 12.3 Å². The molecular weight excluding hydrogens is 436 g/mol. The van der Waals surface area contributed by atoms with Crippen molar-refractivity contribution in [1.82, 2.24) is 4.98 Å². The number of amides is 1. The van der Waals surface area contributed by atoms with Crippen LogP contribution in [-0.2, 0) is 11.2 Å². The first-order valence-electron chi connectivity index (χ1n) is 7.37. The van der Waals surface area contributed by atoms with Crippen LogP contribution in [0.3, 0.4) is 0 Å². The third-order valence-electron chi connectivity index (χ3n) is 3.38. The summed E-state index contributed by atoms with van der Waals surface area (Å²) in [6, 6.07) is 15.4. The van der Waals surface area contributed by atoms with Crippen molar-refractivity contribution in [1.29, 1.82) is 0 Å². The third-order valence-corrected chi connectivity index (χ3v) is 4.53. The van der Waals surface area contributed by atoms with Gasteiger partial charge in [0.1, 0.15) is 0 Å². The summed E-state index contributed by atoms with van der Waals surface area (Å²) in [5.74, 6) is 1.18. The van der Waals surface area contributed by atoms with Gasteiger partial charge in [-0.2, -0.15) is 0 Å². The number of aryl methyl sites for hydroxylation is 1. The summed E-state index contributed by atoms with van der Waals surface area (Å²) in [4.78, 5) is 16.3. The van der Waals surface area contributed by atoms with E-state index in [4.69, 9.17) is 4.42 Å². The minimum atomic E-state index is -0.0857. The van der Waals surface area contributed by atoms with Crippen LogP contribution in [0.15, 0.2) is 68.1 Å². The van der Waals surface area contributed by atoms with Crippen molar-refractivity contribution in [3.05, 3.63) is 69.6 Å². The molecule has 0 saturated carbocycles. The van der Waals surface area contributed by atoms with Crippen molar-refractivity contribution in [3.63, 3.8) is 0 Å². The third kappa shape index (κ3) is 4.33. The van der Waals surface area contributed by atoms with Crippen LogP contribution < -0.4 is 5.32 Å². The van der Waals surface area contributed by atoms with E-state index < -0.39 is 0 Å². The highest BCUT2D eigenvalue weighted by Gasteiger charge is 2.10. The smallest absolute Gasteiger partial charge is 0.224 e. The number of hydrogen-bond acceptors (Lipinski definition) is 3. The molecule has 0 aliphatic rings. The lowest BCUT2D eigenvalue weighted by molar-refractivity contribution is -0.116. The lowest BCUT2D eigenvalue weighted by Gasteiger charge is -2.07. The normalized spacial score (nSPS) is 10.6. The zero-order valence-electron chi connectivity index (χ0n) is 12.6. The molecule has 0 fully saturated rings. The van der Waals surface area contributed by atoms with Gasteiger partial charge in [-0.15, -0.1) is 0 Å². The molecule has 0 saturated heterocycles. The monoisotopic (exact) mass is 448 g/mol. The maximum absolute atomic E-state index is 12.1.